The predicted octanol–water partition coefficient (Wildman–Crippen LogP) is -1.55. The van der Waals surface area contributed by atoms with Crippen molar-refractivity contribution in [1.82, 2.24) is 15.5 Å². The molecule has 110 valence electrons. The lowest BCUT2D eigenvalue weighted by atomic mass is 10.2. The van der Waals surface area contributed by atoms with Gasteiger partial charge in [-0.1, -0.05) is 0 Å². The van der Waals surface area contributed by atoms with Crippen molar-refractivity contribution in [2.45, 2.75) is 19.1 Å². The van der Waals surface area contributed by atoms with Crippen molar-refractivity contribution in [2.24, 2.45) is 0 Å². The first kappa shape index (κ1) is 15.7. The van der Waals surface area contributed by atoms with E-state index in [0.717, 1.165) is 13.1 Å². The SMILES string of the molecule is C[C@@H](O)[C@H](NC(=O)NCCN1CCOCC1)C(=O)O. The van der Waals surface area contributed by atoms with Crippen molar-refractivity contribution in [3.63, 3.8) is 0 Å². The maximum atomic E-state index is 11.5. The summed E-state index contributed by atoms with van der Waals surface area (Å²) in [5, 5.41) is 22.8. The highest BCUT2D eigenvalue weighted by molar-refractivity contribution is 5.82. The van der Waals surface area contributed by atoms with Crippen molar-refractivity contribution < 1.29 is 24.5 Å². The average molecular weight is 275 g/mol. The Morgan fingerprint density at radius 3 is 2.53 bits per heavy atom. The summed E-state index contributed by atoms with van der Waals surface area (Å²) in [5.41, 5.74) is 0. The van der Waals surface area contributed by atoms with Crippen LogP contribution >= 0.6 is 0 Å². The molecule has 0 aromatic rings. The van der Waals surface area contributed by atoms with Gasteiger partial charge in [0.15, 0.2) is 6.04 Å². The molecule has 0 aromatic heterocycles. The van der Waals surface area contributed by atoms with Crippen LogP contribution in [0, 0.1) is 0 Å². The van der Waals surface area contributed by atoms with Crippen molar-refractivity contribution >= 4 is 12.0 Å². The van der Waals surface area contributed by atoms with Crippen LogP contribution < -0.4 is 10.6 Å². The first-order valence-corrected chi connectivity index (χ1v) is 6.26. The smallest absolute Gasteiger partial charge is 0.328 e. The number of carboxylic acids is 1. The maximum Gasteiger partial charge on any atom is 0.328 e. The fourth-order valence-electron chi connectivity index (χ4n) is 1.73. The number of carboxylic acid groups (broad SMARTS) is 1. The Morgan fingerprint density at radius 1 is 1.37 bits per heavy atom. The van der Waals surface area contributed by atoms with Crippen molar-refractivity contribution in [3.8, 4) is 0 Å². The minimum Gasteiger partial charge on any atom is -0.480 e. The first-order chi connectivity index (χ1) is 9.00. The molecule has 1 saturated heterocycles. The molecule has 2 amide bonds. The average Bonchev–Trinajstić information content (AvgIpc) is 2.36. The summed E-state index contributed by atoms with van der Waals surface area (Å²) in [4.78, 5) is 24.4. The number of hydrogen-bond acceptors (Lipinski definition) is 5. The Hall–Kier alpha value is -1.38. The molecule has 8 nitrogen and oxygen atoms in total. The third-order valence-corrected chi connectivity index (χ3v) is 2.85. The molecule has 0 spiro atoms. The lowest BCUT2D eigenvalue weighted by molar-refractivity contribution is -0.141. The normalized spacial score (nSPS) is 19.5. The number of carbonyl (C=O) groups is 2. The Bertz CT molecular complexity index is 305. The molecule has 0 aromatic carbocycles. The number of hydrogen-bond donors (Lipinski definition) is 4. The standard InChI is InChI=1S/C11H21N3O5/c1-8(15)9(10(16)17)13-11(18)12-2-3-14-4-6-19-7-5-14/h8-9,15H,2-7H2,1H3,(H,16,17)(H2,12,13,18)/t8-,9+/m1/s1. The molecular formula is C11H21N3O5. The van der Waals surface area contributed by atoms with E-state index in [1.807, 2.05) is 0 Å². The molecule has 4 N–H and O–H groups in total. The van der Waals surface area contributed by atoms with Gasteiger partial charge in [0.25, 0.3) is 0 Å². The van der Waals surface area contributed by atoms with E-state index in [-0.39, 0.29) is 0 Å². The monoisotopic (exact) mass is 275 g/mol. The summed E-state index contributed by atoms with van der Waals surface area (Å²) < 4.78 is 5.20. The highest BCUT2D eigenvalue weighted by Crippen LogP contribution is 1.95. The van der Waals surface area contributed by atoms with E-state index < -0.39 is 24.1 Å². The summed E-state index contributed by atoms with van der Waals surface area (Å²) in [7, 11) is 0. The largest absolute Gasteiger partial charge is 0.480 e. The van der Waals surface area contributed by atoms with Gasteiger partial charge in [0.2, 0.25) is 0 Å². The number of rotatable bonds is 6. The number of urea groups is 1. The molecule has 8 heteroatoms. The Balaban J connectivity index is 2.21. The van der Waals surface area contributed by atoms with E-state index in [4.69, 9.17) is 9.84 Å². The molecule has 0 aliphatic carbocycles. The summed E-state index contributed by atoms with van der Waals surface area (Å²) in [6.07, 6.45) is -1.15. The summed E-state index contributed by atoms with van der Waals surface area (Å²) in [6, 6.07) is -1.90. The summed E-state index contributed by atoms with van der Waals surface area (Å²) >= 11 is 0. The van der Waals surface area contributed by atoms with Crippen molar-refractivity contribution in [1.29, 1.82) is 0 Å². The van der Waals surface area contributed by atoms with Gasteiger partial charge in [-0.2, -0.15) is 0 Å². The van der Waals surface area contributed by atoms with Crippen LogP contribution in [0.4, 0.5) is 4.79 Å². The van der Waals surface area contributed by atoms with Crippen LogP contribution in [-0.4, -0.2) is 78.7 Å². The van der Waals surface area contributed by atoms with E-state index in [9.17, 15) is 14.7 Å². The molecule has 2 atom stereocenters. The highest BCUT2D eigenvalue weighted by atomic mass is 16.5. The maximum absolute atomic E-state index is 11.5. The van der Waals surface area contributed by atoms with E-state index in [2.05, 4.69) is 15.5 Å². The lowest BCUT2D eigenvalue weighted by Crippen LogP contribution is -2.52. The van der Waals surface area contributed by atoms with Crippen LogP contribution in [0.2, 0.25) is 0 Å². The van der Waals surface area contributed by atoms with Gasteiger partial charge in [-0.05, 0) is 6.92 Å². The molecule has 0 saturated carbocycles. The second kappa shape index (κ2) is 7.93. The van der Waals surface area contributed by atoms with Crippen LogP contribution in [-0.2, 0) is 9.53 Å². The number of ether oxygens (including phenoxy) is 1. The van der Waals surface area contributed by atoms with Gasteiger partial charge >= 0.3 is 12.0 Å². The lowest BCUT2D eigenvalue weighted by Gasteiger charge is -2.26. The Labute approximate surface area is 111 Å². The quantitative estimate of drug-likeness (QED) is 0.467. The number of aliphatic carboxylic acids is 1. The minimum absolute atomic E-state index is 0.415. The molecule has 1 fully saturated rings. The van der Waals surface area contributed by atoms with Gasteiger partial charge in [-0.3, -0.25) is 4.90 Å². The van der Waals surface area contributed by atoms with Crippen LogP contribution in [0.3, 0.4) is 0 Å². The third kappa shape index (κ3) is 5.86. The van der Waals surface area contributed by atoms with Gasteiger partial charge in [0.1, 0.15) is 0 Å². The van der Waals surface area contributed by atoms with Gasteiger partial charge in [-0.25, -0.2) is 9.59 Å². The number of morpholine rings is 1. The number of amides is 2. The second-order valence-electron chi connectivity index (χ2n) is 4.41. The third-order valence-electron chi connectivity index (χ3n) is 2.85. The van der Waals surface area contributed by atoms with Crippen LogP contribution in [0.1, 0.15) is 6.92 Å². The molecule has 19 heavy (non-hydrogen) atoms. The number of aliphatic hydroxyl groups is 1. The van der Waals surface area contributed by atoms with E-state index >= 15 is 0 Å². The predicted molar refractivity (Wildman–Crippen MR) is 66.9 cm³/mol. The Morgan fingerprint density at radius 2 is 2.00 bits per heavy atom. The molecule has 1 rings (SSSR count). The first-order valence-electron chi connectivity index (χ1n) is 6.26. The summed E-state index contributed by atoms with van der Waals surface area (Å²) in [5.74, 6) is -1.27. The molecule has 0 unspecified atom stereocenters. The minimum atomic E-state index is -1.30. The second-order valence-corrected chi connectivity index (χ2v) is 4.41. The molecule has 0 radical (unpaired) electrons. The van der Waals surface area contributed by atoms with Crippen LogP contribution in [0.5, 0.6) is 0 Å². The number of aliphatic hydroxyl groups excluding tert-OH is 1. The molecule has 0 bridgehead atoms. The van der Waals surface area contributed by atoms with Gasteiger partial charge < -0.3 is 25.6 Å². The highest BCUT2D eigenvalue weighted by Gasteiger charge is 2.24. The fourth-order valence-corrected chi connectivity index (χ4v) is 1.73. The molecule has 1 aliphatic heterocycles. The van der Waals surface area contributed by atoms with Gasteiger partial charge in [0.05, 0.1) is 19.3 Å². The van der Waals surface area contributed by atoms with Crippen molar-refractivity contribution in [3.05, 3.63) is 0 Å². The van der Waals surface area contributed by atoms with E-state index in [0.29, 0.717) is 26.3 Å². The number of carbonyl (C=O) groups excluding carboxylic acids is 1. The molecule has 1 aliphatic rings. The number of nitrogens with zero attached hydrogens (tertiary/aromatic N) is 1. The molecular weight excluding hydrogens is 254 g/mol. The van der Waals surface area contributed by atoms with E-state index in [1.165, 1.54) is 6.92 Å². The topological polar surface area (TPSA) is 111 Å². The van der Waals surface area contributed by atoms with Gasteiger partial charge in [-0.15, -0.1) is 0 Å². The van der Waals surface area contributed by atoms with E-state index in [1.54, 1.807) is 0 Å². The Kier molecular flexibility index (Phi) is 6.54. The summed E-state index contributed by atoms with van der Waals surface area (Å²) in [6.45, 7) is 5.45. The zero-order chi connectivity index (χ0) is 14.3. The fraction of sp³-hybridized carbons (Fsp3) is 0.818. The molecule has 1 heterocycles. The van der Waals surface area contributed by atoms with Gasteiger partial charge in [0, 0.05) is 26.2 Å². The van der Waals surface area contributed by atoms with Crippen LogP contribution in [0.15, 0.2) is 0 Å². The number of nitrogens with one attached hydrogen (secondary N) is 2. The van der Waals surface area contributed by atoms with Crippen molar-refractivity contribution in [2.75, 3.05) is 39.4 Å². The van der Waals surface area contributed by atoms with Crippen LogP contribution in [0.25, 0.3) is 0 Å². The zero-order valence-electron chi connectivity index (χ0n) is 11.0. The zero-order valence-corrected chi connectivity index (χ0v) is 11.0.